The summed E-state index contributed by atoms with van der Waals surface area (Å²) in [5.74, 6) is 0.232. The van der Waals surface area contributed by atoms with E-state index >= 15 is 0 Å². The zero-order chi connectivity index (χ0) is 24.8. The lowest BCUT2D eigenvalue weighted by atomic mass is 10.0. The molecule has 5 nitrogen and oxygen atoms in total. The molecule has 0 saturated heterocycles. The van der Waals surface area contributed by atoms with Gasteiger partial charge in [-0.3, -0.25) is 4.72 Å². The van der Waals surface area contributed by atoms with Gasteiger partial charge in [0.05, 0.1) is 17.6 Å². The van der Waals surface area contributed by atoms with Crippen LogP contribution in [0.25, 0.3) is 11.1 Å². The van der Waals surface area contributed by atoms with Gasteiger partial charge in [0.1, 0.15) is 0 Å². The van der Waals surface area contributed by atoms with Crippen molar-refractivity contribution in [2.75, 3.05) is 11.8 Å². The number of benzene rings is 4. The minimum Gasteiger partial charge on any atom is -0.465 e. The number of esters is 1. The Morgan fingerprint density at radius 2 is 1.51 bits per heavy atom. The highest BCUT2D eigenvalue weighted by molar-refractivity contribution is 7.98. The van der Waals surface area contributed by atoms with Gasteiger partial charge in [0, 0.05) is 16.3 Å². The number of aryl methyl sites for hydroxylation is 1. The van der Waals surface area contributed by atoms with E-state index in [0.29, 0.717) is 11.3 Å². The molecule has 35 heavy (non-hydrogen) atoms. The Morgan fingerprint density at radius 3 is 2.17 bits per heavy atom. The van der Waals surface area contributed by atoms with Crippen LogP contribution in [0.1, 0.15) is 21.5 Å². The molecule has 0 aromatic heterocycles. The maximum atomic E-state index is 12.8. The summed E-state index contributed by atoms with van der Waals surface area (Å²) in [7, 11) is -2.59. The lowest BCUT2D eigenvalue weighted by Gasteiger charge is -2.11. The van der Waals surface area contributed by atoms with E-state index in [1.807, 2.05) is 30.3 Å². The first-order valence-corrected chi connectivity index (χ1v) is 13.4. The number of rotatable bonds is 8. The van der Waals surface area contributed by atoms with Crippen molar-refractivity contribution in [2.45, 2.75) is 22.5 Å². The largest absolute Gasteiger partial charge is 0.465 e. The normalized spacial score (nSPS) is 11.1. The first-order chi connectivity index (χ1) is 16.9. The molecule has 7 heteroatoms. The van der Waals surface area contributed by atoms with Crippen LogP contribution in [0, 0.1) is 6.92 Å². The molecule has 0 amide bonds. The summed E-state index contributed by atoms with van der Waals surface area (Å²) in [6.07, 6.45) is 0. The summed E-state index contributed by atoms with van der Waals surface area (Å²) in [6, 6.07) is 30.4. The standard InChI is InChI=1S/C28H25NO4S2/c1-20-8-17-26(18-27(20)28(30)33-2)35(31,32)29-24-13-15-25(16-14-24)34-19-21-9-11-23(12-10-21)22-6-4-3-5-7-22/h3-18,29H,19H2,1-2H3. The predicted octanol–water partition coefficient (Wildman–Crippen LogP) is 6.54. The molecule has 0 fully saturated rings. The van der Waals surface area contributed by atoms with Crippen LogP contribution in [0.5, 0.6) is 0 Å². The van der Waals surface area contributed by atoms with Gasteiger partial charge >= 0.3 is 5.97 Å². The van der Waals surface area contributed by atoms with Gasteiger partial charge < -0.3 is 4.74 Å². The maximum Gasteiger partial charge on any atom is 0.338 e. The molecule has 0 bridgehead atoms. The van der Waals surface area contributed by atoms with Crippen LogP contribution in [0.4, 0.5) is 5.69 Å². The number of carbonyl (C=O) groups is 1. The third kappa shape index (κ3) is 6.12. The van der Waals surface area contributed by atoms with Crippen LogP contribution >= 0.6 is 11.8 Å². The molecule has 4 aromatic rings. The van der Waals surface area contributed by atoms with Crippen molar-refractivity contribution < 1.29 is 17.9 Å². The average Bonchev–Trinajstić information content (AvgIpc) is 2.88. The summed E-state index contributed by atoms with van der Waals surface area (Å²) >= 11 is 1.68. The maximum absolute atomic E-state index is 12.8. The van der Waals surface area contributed by atoms with Crippen molar-refractivity contribution in [2.24, 2.45) is 0 Å². The average molecular weight is 504 g/mol. The summed E-state index contributed by atoms with van der Waals surface area (Å²) in [6.45, 7) is 1.73. The monoisotopic (exact) mass is 503 g/mol. The summed E-state index contributed by atoms with van der Waals surface area (Å²) in [5, 5.41) is 0. The molecule has 0 aliphatic heterocycles. The van der Waals surface area contributed by atoms with Gasteiger partial charge in [0.15, 0.2) is 0 Å². The molecule has 1 N–H and O–H groups in total. The third-order valence-electron chi connectivity index (χ3n) is 5.50. The molecular weight excluding hydrogens is 478 g/mol. The van der Waals surface area contributed by atoms with Crippen LogP contribution in [0.15, 0.2) is 107 Å². The number of ether oxygens (including phenoxy) is 1. The SMILES string of the molecule is COC(=O)c1cc(S(=O)(=O)Nc2ccc(SCc3ccc(-c4ccccc4)cc3)cc2)ccc1C. The van der Waals surface area contributed by atoms with E-state index in [-0.39, 0.29) is 10.5 Å². The Labute approximate surface area is 210 Å². The van der Waals surface area contributed by atoms with Crippen molar-refractivity contribution in [1.29, 1.82) is 0 Å². The quantitative estimate of drug-likeness (QED) is 0.218. The molecule has 0 radical (unpaired) electrons. The van der Waals surface area contributed by atoms with E-state index in [1.165, 1.54) is 35.9 Å². The zero-order valence-corrected chi connectivity index (χ0v) is 21.0. The molecule has 0 saturated carbocycles. The predicted molar refractivity (Wildman–Crippen MR) is 141 cm³/mol. The second-order valence-corrected chi connectivity index (χ2v) is 10.7. The van der Waals surface area contributed by atoms with Gasteiger partial charge in [-0.15, -0.1) is 11.8 Å². The minimum atomic E-state index is -3.85. The van der Waals surface area contributed by atoms with Crippen molar-refractivity contribution in [1.82, 2.24) is 0 Å². The summed E-state index contributed by atoms with van der Waals surface area (Å²) < 4.78 is 33.0. The van der Waals surface area contributed by atoms with Gasteiger partial charge in [-0.25, -0.2) is 13.2 Å². The van der Waals surface area contributed by atoms with Crippen molar-refractivity contribution in [3.63, 3.8) is 0 Å². The summed E-state index contributed by atoms with van der Waals surface area (Å²) in [5.41, 5.74) is 4.90. The van der Waals surface area contributed by atoms with E-state index in [4.69, 9.17) is 4.74 Å². The van der Waals surface area contributed by atoms with Crippen molar-refractivity contribution in [3.05, 3.63) is 114 Å². The molecule has 0 aliphatic carbocycles. The van der Waals surface area contributed by atoms with Crippen molar-refractivity contribution in [3.8, 4) is 11.1 Å². The number of hydrogen-bond donors (Lipinski definition) is 1. The Hall–Kier alpha value is -3.55. The van der Waals surface area contributed by atoms with Gasteiger partial charge in [0.25, 0.3) is 10.0 Å². The fourth-order valence-corrected chi connectivity index (χ4v) is 5.46. The number of carbonyl (C=O) groups excluding carboxylic acids is 1. The molecule has 4 aromatic carbocycles. The highest BCUT2D eigenvalue weighted by Crippen LogP contribution is 2.27. The van der Waals surface area contributed by atoms with E-state index in [9.17, 15) is 13.2 Å². The highest BCUT2D eigenvalue weighted by Gasteiger charge is 2.18. The summed E-state index contributed by atoms with van der Waals surface area (Å²) in [4.78, 5) is 12.9. The number of thioether (sulfide) groups is 1. The zero-order valence-electron chi connectivity index (χ0n) is 19.4. The van der Waals surface area contributed by atoms with Crippen molar-refractivity contribution >= 4 is 33.4 Å². The fraction of sp³-hybridized carbons (Fsp3) is 0.107. The fourth-order valence-electron chi connectivity index (χ4n) is 3.52. The molecule has 0 spiro atoms. The Bertz CT molecular complexity index is 1420. The van der Waals surface area contributed by atoms with Gasteiger partial charge in [-0.2, -0.15) is 0 Å². The number of sulfonamides is 1. The van der Waals surface area contributed by atoms with E-state index in [2.05, 4.69) is 41.1 Å². The number of nitrogens with one attached hydrogen (secondary N) is 1. The van der Waals surface area contributed by atoms with E-state index < -0.39 is 16.0 Å². The van der Waals surface area contributed by atoms with Crippen LogP contribution < -0.4 is 4.72 Å². The topological polar surface area (TPSA) is 72.5 Å². The van der Waals surface area contributed by atoms with E-state index in [1.54, 1.807) is 36.9 Å². The first-order valence-electron chi connectivity index (χ1n) is 10.9. The molecule has 0 unspecified atom stereocenters. The number of anilines is 1. The third-order valence-corrected chi connectivity index (χ3v) is 7.96. The van der Waals surface area contributed by atoms with E-state index in [0.717, 1.165) is 10.6 Å². The van der Waals surface area contributed by atoms with Crippen LogP contribution in [-0.4, -0.2) is 21.5 Å². The lowest BCUT2D eigenvalue weighted by molar-refractivity contribution is 0.0599. The highest BCUT2D eigenvalue weighted by atomic mass is 32.2. The lowest BCUT2D eigenvalue weighted by Crippen LogP contribution is -2.14. The number of hydrogen-bond acceptors (Lipinski definition) is 5. The van der Waals surface area contributed by atoms with Gasteiger partial charge in [-0.05, 0) is 65.6 Å². The minimum absolute atomic E-state index is 0.000834. The van der Waals surface area contributed by atoms with Crippen LogP contribution in [0.3, 0.4) is 0 Å². The molecule has 0 aliphatic rings. The second-order valence-electron chi connectivity index (χ2n) is 7.95. The Kier molecular flexibility index (Phi) is 7.58. The molecule has 0 atom stereocenters. The number of methoxy groups -OCH3 is 1. The molecule has 178 valence electrons. The molecular formula is C28H25NO4S2. The van der Waals surface area contributed by atoms with Crippen LogP contribution in [-0.2, 0) is 20.5 Å². The van der Waals surface area contributed by atoms with Gasteiger partial charge in [0.2, 0.25) is 0 Å². The van der Waals surface area contributed by atoms with Crippen LogP contribution in [0.2, 0.25) is 0 Å². The Balaban J connectivity index is 1.39. The first kappa shape index (κ1) is 24.6. The smallest absolute Gasteiger partial charge is 0.338 e. The Morgan fingerprint density at radius 1 is 0.857 bits per heavy atom. The van der Waals surface area contributed by atoms with Gasteiger partial charge in [-0.1, -0.05) is 60.7 Å². The molecule has 4 rings (SSSR count). The molecule has 0 heterocycles. The second kappa shape index (κ2) is 10.8.